The molecule has 0 fully saturated rings. The molecule has 0 aliphatic heterocycles. The molecule has 80 valence electrons. The van der Waals surface area contributed by atoms with Crippen LogP contribution in [-0.4, -0.2) is 11.0 Å². The van der Waals surface area contributed by atoms with E-state index in [2.05, 4.69) is 4.98 Å². The summed E-state index contributed by atoms with van der Waals surface area (Å²) in [7, 11) is 0. The van der Waals surface area contributed by atoms with Gasteiger partial charge in [0.15, 0.2) is 0 Å². The number of halogens is 1. The molecule has 0 aliphatic rings. The Balaban J connectivity index is 2.19. The first-order chi connectivity index (χ1) is 7.77. The maximum Gasteiger partial charge on any atom is 0.347 e. The van der Waals surface area contributed by atoms with E-state index in [0.29, 0.717) is 0 Å². The van der Waals surface area contributed by atoms with E-state index >= 15 is 0 Å². The maximum absolute atomic E-state index is 13.2. The lowest BCUT2D eigenvalue weighted by atomic mass is 10.2. The summed E-state index contributed by atoms with van der Waals surface area (Å²) in [5.41, 5.74) is -0.104. The molecule has 0 unspecified atom stereocenters. The van der Waals surface area contributed by atoms with E-state index in [9.17, 15) is 9.18 Å². The summed E-state index contributed by atoms with van der Waals surface area (Å²) in [6.07, 6.45) is 1.49. The molecule has 4 heteroatoms. The molecule has 0 saturated carbocycles. The minimum Gasteiger partial charge on any atom is -0.404 e. The number of hydrogen-bond donors (Lipinski definition) is 0. The van der Waals surface area contributed by atoms with Gasteiger partial charge in [-0.15, -0.1) is 0 Å². The van der Waals surface area contributed by atoms with E-state index in [1.165, 1.54) is 30.5 Å². The monoisotopic (exact) mass is 217 g/mol. The van der Waals surface area contributed by atoms with Crippen LogP contribution in [0.4, 0.5) is 4.39 Å². The predicted molar refractivity (Wildman–Crippen MR) is 55.6 cm³/mol. The molecule has 3 nitrogen and oxygen atoms in total. The summed E-state index contributed by atoms with van der Waals surface area (Å²) in [5, 5.41) is 0. The maximum atomic E-state index is 13.2. The van der Waals surface area contributed by atoms with Crippen LogP contribution in [0.1, 0.15) is 10.4 Å². The molecule has 0 N–H and O–H groups in total. The Kier molecular flexibility index (Phi) is 2.91. The van der Waals surface area contributed by atoms with Gasteiger partial charge in [-0.1, -0.05) is 18.2 Å². The molecule has 2 aromatic rings. The molecular weight excluding hydrogens is 209 g/mol. The fraction of sp³-hybridized carbons (Fsp3) is 0. The first-order valence-electron chi connectivity index (χ1n) is 4.65. The van der Waals surface area contributed by atoms with E-state index in [1.807, 2.05) is 0 Å². The fourth-order valence-electron chi connectivity index (χ4n) is 1.18. The number of esters is 1. The highest BCUT2D eigenvalue weighted by molar-refractivity contribution is 5.91. The highest BCUT2D eigenvalue weighted by Crippen LogP contribution is 2.11. The van der Waals surface area contributed by atoms with Crippen LogP contribution >= 0.6 is 0 Å². The second-order valence-electron chi connectivity index (χ2n) is 3.04. The summed E-state index contributed by atoms with van der Waals surface area (Å²) in [4.78, 5) is 15.3. The number of pyridine rings is 1. The number of benzene rings is 1. The van der Waals surface area contributed by atoms with Gasteiger partial charge in [0, 0.05) is 12.3 Å². The van der Waals surface area contributed by atoms with Crippen molar-refractivity contribution in [2.75, 3.05) is 0 Å². The van der Waals surface area contributed by atoms with Gasteiger partial charge in [0.05, 0.1) is 5.56 Å². The number of aromatic nitrogens is 1. The van der Waals surface area contributed by atoms with Gasteiger partial charge in [0.2, 0.25) is 5.88 Å². The van der Waals surface area contributed by atoms with E-state index in [1.54, 1.807) is 18.2 Å². The number of ether oxygens (including phenoxy) is 1. The van der Waals surface area contributed by atoms with Crippen LogP contribution < -0.4 is 4.74 Å². The lowest BCUT2D eigenvalue weighted by molar-refractivity contribution is 0.0722. The molecule has 0 atom stereocenters. The third-order valence-electron chi connectivity index (χ3n) is 1.93. The van der Waals surface area contributed by atoms with Crippen LogP contribution in [0.2, 0.25) is 0 Å². The van der Waals surface area contributed by atoms with Crippen molar-refractivity contribution in [1.82, 2.24) is 4.98 Å². The minimum absolute atomic E-state index is 0.104. The number of rotatable bonds is 2. The number of nitrogens with zero attached hydrogens (tertiary/aromatic N) is 1. The molecule has 0 radical (unpaired) electrons. The van der Waals surface area contributed by atoms with Crippen molar-refractivity contribution in [2.24, 2.45) is 0 Å². The Morgan fingerprint density at radius 1 is 1.12 bits per heavy atom. The quantitative estimate of drug-likeness (QED) is 0.725. The Morgan fingerprint density at radius 2 is 1.88 bits per heavy atom. The van der Waals surface area contributed by atoms with Crippen LogP contribution in [0.5, 0.6) is 5.88 Å². The van der Waals surface area contributed by atoms with Gasteiger partial charge < -0.3 is 4.74 Å². The molecule has 1 heterocycles. The zero-order chi connectivity index (χ0) is 11.4. The zero-order valence-electron chi connectivity index (χ0n) is 8.26. The molecule has 1 aromatic heterocycles. The van der Waals surface area contributed by atoms with Crippen molar-refractivity contribution in [2.45, 2.75) is 0 Å². The minimum atomic E-state index is -0.753. The van der Waals surface area contributed by atoms with Crippen molar-refractivity contribution in [3.8, 4) is 5.88 Å². The summed E-state index contributed by atoms with van der Waals surface area (Å²) in [6.45, 7) is 0. The molecule has 2 rings (SSSR count). The Hall–Kier alpha value is -2.23. The van der Waals surface area contributed by atoms with E-state index < -0.39 is 11.8 Å². The SMILES string of the molecule is O=C(Oc1ccccn1)c1ccccc1F. The van der Waals surface area contributed by atoms with Gasteiger partial charge in [-0.25, -0.2) is 14.2 Å². The largest absolute Gasteiger partial charge is 0.404 e. The smallest absolute Gasteiger partial charge is 0.347 e. The van der Waals surface area contributed by atoms with Gasteiger partial charge >= 0.3 is 5.97 Å². The van der Waals surface area contributed by atoms with Crippen molar-refractivity contribution in [3.05, 3.63) is 60.0 Å². The molecule has 0 aliphatic carbocycles. The van der Waals surface area contributed by atoms with Gasteiger partial charge in [-0.2, -0.15) is 0 Å². The highest BCUT2D eigenvalue weighted by atomic mass is 19.1. The fourth-order valence-corrected chi connectivity index (χ4v) is 1.18. The zero-order valence-corrected chi connectivity index (χ0v) is 8.26. The number of carbonyl (C=O) groups excluding carboxylic acids is 1. The van der Waals surface area contributed by atoms with Gasteiger partial charge in [-0.05, 0) is 18.2 Å². The second kappa shape index (κ2) is 4.53. The molecule has 0 spiro atoms. The molecule has 1 aromatic carbocycles. The van der Waals surface area contributed by atoms with Gasteiger partial charge in [0.25, 0.3) is 0 Å². The van der Waals surface area contributed by atoms with Gasteiger partial charge in [-0.3, -0.25) is 0 Å². The van der Waals surface area contributed by atoms with Crippen LogP contribution in [0.25, 0.3) is 0 Å². The van der Waals surface area contributed by atoms with Crippen LogP contribution in [-0.2, 0) is 0 Å². The first kappa shape index (κ1) is 10.3. The highest BCUT2D eigenvalue weighted by Gasteiger charge is 2.13. The second-order valence-corrected chi connectivity index (χ2v) is 3.04. The summed E-state index contributed by atoms with van der Waals surface area (Å²) < 4.78 is 18.1. The predicted octanol–water partition coefficient (Wildman–Crippen LogP) is 2.44. The van der Waals surface area contributed by atoms with Crippen LogP contribution in [0, 0.1) is 5.82 Å². The number of carbonyl (C=O) groups is 1. The molecular formula is C12H8FNO2. The third kappa shape index (κ3) is 2.23. The number of hydrogen-bond acceptors (Lipinski definition) is 3. The lowest BCUT2D eigenvalue weighted by Gasteiger charge is -2.03. The van der Waals surface area contributed by atoms with Crippen molar-refractivity contribution in [1.29, 1.82) is 0 Å². The average Bonchev–Trinajstić information content (AvgIpc) is 2.31. The van der Waals surface area contributed by atoms with Gasteiger partial charge in [0.1, 0.15) is 5.82 Å². The van der Waals surface area contributed by atoms with E-state index in [4.69, 9.17) is 4.74 Å². The average molecular weight is 217 g/mol. The third-order valence-corrected chi connectivity index (χ3v) is 1.93. The van der Waals surface area contributed by atoms with E-state index in [-0.39, 0.29) is 11.4 Å². The summed E-state index contributed by atoms with van der Waals surface area (Å²) >= 11 is 0. The summed E-state index contributed by atoms with van der Waals surface area (Å²) in [6, 6.07) is 10.5. The van der Waals surface area contributed by atoms with Crippen LogP contribution in [0.15, 0.2) is 48.7 Å². The Bertz CT molecular complexity index is 499. The standard InChI is InChI=1S/C12H8FNO2/c13-10-6-2-1-5-9(10)12(15)16-11-7-3-4-8-14-11/h1-8H. The van der Waals surface area contributed by atoms with Crippen molar-refractivity contribution in [3.63, 3.8) is 0 Å². The van der Waals surface area contributed by atoms with Crippen molar-refractivity contribution < 1.29 is 13.9 Å². The van der Waals surface area contributed by atoms with E-state index in [0.717, 1.165) is 0 Å². The topological polar surface area (TPSA) is 39.2 Å². The van der Waals surface area contributed by atoms with Crippen LogP contribution in [0.3, 0.4) is 0 Å². The molecule has 0 bridgehead atoms. The molecule has 0 amide bonds. The van der Waals surface area contributed by atoms with Crippen molar-refractivity contribution >= 4 is 5.97 Å². The normalized spacial score (nSPS) is 9.81. The summed E-state index contributed by atoms with van der Waals surface area (Å²) in [5.74, 6) is -1.21. The Labute approximate surface area is 91.5 Å². The Morgan fingerprint density at radius 3 is 2.56 bits per heavy atom. The molecule has 0 saturated heterocycles. The first-order valence-corrected chi connectivity index (χ1v) is 4.65. The molecule has 16 heavy (non-hydrogen) atoms. The lowest BCUT2D eigenvalue weighted by Crippen LogP contribution is -2.11.